The first-order chi connectivity index (χ1) is 20.0. The molecule has 0 saturated carbocycles. The molecular weight excluding hydrogens is 535 g/mol. The number of hydrogen-bond donors (Lipinski definition) is 0. The molecule has 1 aromatic heterocycles. The summed E-state index contributed by atoms with van der Waals surface area (Å²) in [5.74, 6) is 0. The molecular formula is C35H43BF4N2. The van der Waals surface area contributed by atoms with Gasteiger partial charge in [0.2, 0.25) is 0 Å². The Hall–Kier alpha value is -3.61. The Kier molecular flexibility index (Phi) is 11.8. The highest BCUT2D eigenvalue weighted by atomic mass is 19.5. The van der Waals surface area contributed by atoms with Crippen LogP contribution in [0.4, 0.5) is 17.3 Å². The van der Waals surface area contributed by atoms with Gasteiger partial charge in [0.1, 0.15) is 6.54 Å². The SMILES string of the molecule is CCCCn1c(C)c2c(c1C)C=CC(=CC=CC=Cc1ccc3c(C)[n+](CCCC)c(C)c-3cc1)C=C2.F[B-](F)(F)F. The number of fused-ring (bicyclic) bond motifs is 2. The number of aromatic nitrogens is 2. The molecule has 0 saturated heterocycles. The van der Waals surface area contributed by atoms with Crippen LogP contribution in [0.15, 0.2) is 66.3 Å². The van der Waals surface area contributed by atoms with Gasteiger partial charge >= 0.3 is 7.25 Å². The number of halogens is 4. The highest BCUT2D eigenvalue weighted by Crippen LogP contribution is 2.29. The summed E-state index contributed by atoms with van der Waals surface area (Å²) in [7, 11) is -6.00. The molecule has 0 unspecified atom stereocenters. The van der Waals surface area contributed by atoms with Gasteiger partial charge in [0, 0.05) is 49.3 Å². The summed E-state index contributed by atoms with van der Waals surface area (Å²) in [5.41, 5.74) is 13.3. The van der Waals surface area contributed by atoms with E-state index >= 15 is 0 Å². The summed E-state index contributed by atoms with van der Waals surface area (Å²) in [6, 6.07) is 9.01. The fourth-order valence-corrected chi connectivity index (χ4v) is 5.46. The van der Waals surface area contributed by atoms with Crippen LogP contribution in [0.3, 0.4) is 0 Å². The molecule has 4 rings (SSSR count). The van der Waals surface area contributed by atoms with Crippen molar-refractivity contribution in [3.63, 3.8) is 0 Å². The van der Waals surface area contributed by atoms with E-state index in [1.165, 1.54) is 81.8 Å². The summed E-state index contributed by atoms with van der Waals surface area (Å²) < 4.78 is 43.9. The second-order valence-electron chi connectivity index (χ2n) is 10.7. The molecule has 2 aliphatic carbocycles. The van der Waals surface area contributed by atoms with Crippen molar-refractivity contribution in [1.82, 2.24) is 4.57 Å². The van der Waals surface area contributed by atoms with Crippen LogP contribution in [0.2, 0.25) is 0 Å². The van der Waals surface area contributed by atoms with Crippen molar-refractivity contribution >= 4 is 25.5 Å². The average molecular weight is 579 g/mol. The molecule has 0 aromatic carbocycles. The van der Waals surface area contributed by atoms with Gasteiger partial charge in [-0.2, -0.15) is 4.57 Å². The maximum absolute atomic E-state index is 9.75. The van der Waals surface area contributed by atoms with Gasteiger partial charge < -0.3 is 21.8 Å². The fraction of sp³-hybridized carbons (Fsp3) is 0.343. The zero-order chi connectivity index (χ0) is 30.9. The maximum Gasteiger partial charge on any atom is 0.673 e. The summed E-state index contributed by atoms with van der Waals surface area (Å²) in [6.07, 6.45) is 24.6. The van der Waals surface area contributed by atoms with Gasteiger partial charge in [-0.15, -0.1) is 0 Å². The molecule has 42 heavy (non-hydrogen) atoms. The zero-order valence-electron chi connectivity index (χ0n) is 25.7. The van der Waals surface area contributed by atoms with Crippen molar-refractivity contribution in [2.45, 2.75) is 80.3 Å². The van der Waals surface area contributed by atoms with E-state index in [9.17, 15) is 17.3 Å². The van der Waals surface area contributed by atoms with Crippen molar-refractivity contribution in [3.8, 4) is 11.1 Å². The van der Waals surface area contributed by atoms with E-state index < -0.39 is 7.25 Å². The van der Waals surface area contributed by atoms with E-state index in [1.807, 2.05) is 0 Å². The first-order valence-corrected chi connectivity index (χ1v) is 14.9. The van der Waals surface area contributed by atoms with Gasteiger partial charge in [0.25, 0.3) is 0 Å². The molecule has 0 N–H and O–H groups in total. The van der Waals surface area contributed by atoms with E-state index in [-0.39, 0.29) is 0 Å². The third-order valence-electron chi connectivity index (χ3n) is 7.80. The highest BCUT2D eigenvalue weighted by molar-refractivity contribution is 6.50. The molecule has 0 bridgehead atoms. The number of rotatable bonds is 9. The highest BCUT2D eigenvalue weighted by Gasteiger charge is 2.24. The zero-order valence-corrected chi connectivity index (χ0v) is 25.7. The molecule has 0 radical (unpaired) electrons. The molecule has 2 heterocycles. The van der Waals surface area contributed by atoms with Gasteiger partial charge in [-0.25, -0.2) is 0 Å². The number of hydrogen-bond acceptors (Lipinski definition) is 0. The monoisotopic (exact) mass is 578 g/mol. The summed E-state index contributed by atoms with van der Waals surface area (Å²) >= 11 is 0. The second-order valence-corrected chi connectivity index (χ2v) is 10.7. The maximum atomic E-state index is 9.75. The Morgan fingerprint density at radius 1 is 0.714 bits per heavy atom. The Morgan fingerprint density at radius 3 is 1.74 bits per heavy atom. The molecule has 7 heteroatoms. The largest absolute Gasteiger partial charge is 0.673 e. The van der Waals surface area contributed by atoms with E-state index in [1.54, 1.807) is 0 Å². The summed E-state index contributed by atoms with van der Waals surface area (Å²) in [6.45, 7) is 15.7. The average Bonchev–Trinajstić information content (AvgIpc) is 3.14. The van der Waals surface area contributed by atoms with E-state index in [0.717, 1.165) is 13.1 Å². The van der Waals surface area contributed by atoms with Crippen LogP contribution < -0.4 is 4.57 Å². The Balaban J connectivity index is 0.000000892. The lowest BCUT2D eigenvalue weighted by Crippen LogP contribution is -2.37. The minimum absolute atomic E-state index is 1.11. The quantitative estimate of drug-likeness (QED) is 0.103. The summed E-state index contributed by atoms with van der Waals surface area (Å²) in [5, 5.41) is 0. The third kappa shape index (κ3) is 8.70. The number of unbranched alkanes of at least 4 members (excludes halogenated alkanes) is 2. The Labute approximate surface area is 248 Å². The number of nitrogens with zero attached hydrogens (tertiary/aromatic N) is 2. The molecule has 1 aliphatic heterocycles. The molecule has 2 nitrogen and oxygen atoms in total. The van der Waals surface area contributed by atoms with Gasteiger partial charge in [-0.3, -0.25) is 0 Å². The lowest BCUT2D eigenvalue weighted by Gasteiger charge is -2.08. The minimum atomic E-state index is -6.00. The molecule has 3 aliphatic rings. The van der Waals surface area contributed by atoms with Crippen molar-refractivity contribution in [1.29, 1.82) is 0 Å². The first-order valence-electron chi connectivity index (χ1n) is 14.9. The lowest BCUT2D eigenvalue weighted by molar-refractivity contribution is -0.704. The minimum Gasteiger partial charge on any atom is -0.418 e. The normalized spacial score (nSPS) is 13.1. The third-order valence-corrected chi connectivity index (χ3v) is 7.80. The fourth-order valence-electron chi connectivity index (χ4n) is 5.46. The topological polar surface area (TPSA) is 8.81 Å². The van der Waals surface area contributed by atoms with Crippen molar-refractivity contribution in [2.75, 3.05) is 0 Å². The van der Waals surface area contributed by atoms with Crippen LogP contribution in [-0.4, -0.2) is 11.8 Å². The van der Waals surface area contributed by atoms with E-state index in [4.69, 9.17) is 0 Å². The van der Waals surface area contributed by atoms with Gasteiger partial charge in [-0.05, 0) is 43.5 Å². The van der Waals surface area contributed by atoms with Crippen LogP contribution in [0.5, 0.6) is 0 Å². The van der Waals surface area contributed by atoms with Crippen LogP contribution in [0.25, 0.3) is 29.4 Å². The second kappa shape index (κ2) is 15.0. The molecule has 1 aromatic rings. The van der Waals surface area contributed by atoms with Gasteiger partial charge in [0.15, 0.2) is 11.4 Å². The smallest absolute Gasteiger partial charge is 0.418 e. The first kappa shape index (κ1) is 32.9. The van der Waals surface area contributed by atoms with E-state index in [2.05, 4.69) is 130 Å². The molecule has 0 atom stereocenters. The molecule has 224 valence electrons. The summed E-state index contributed by atoms with van der Waals surface area (Å²) in [4.78, 5) is 0. The van der Waals surface area contributed by atoms with Gasteiger partial charge in [-0.1, -0.05) is 93.5 Å². The Bertz CT molecular complexity index is 1400. The van der Waals surface area contributed by atoms with Crippen LogP contribution in [-0.2, 0) is 13.1 Å². The molecule has 0 amide bonds. The Morgan fingerprint density at radius 2 is 1.24 bits per heavy atom. The molecule has 0 spiro atoms. The van der Waals surface area contributed by atoms with E-state index in [0.29, 0.717) is 0 Å². The standard InChI is InChI=1S/C35H43N2.BF4/c1-7-9-24-36-26(3)32-20-16-30(17-21-33(32)27(36)4)14-12-11-13-15-31-18-22-34-28(5)37(25-10-8-2)29(6)35(34)23-19-31;2-1(3,4)5/h11-23H,7-10,24-25H2,1-6H3;/q+1;-1. The van der Waals surface area contributed by atoms with Crippen molar-refractivity contribution in [3.05, 3.63) is 106 Å². The van der Waals surface area contributed by atoms with Crippen molar-refractivity contribution in [2.24, 2.45) is 0 Å². The van der Waals surface area contributed by atoms with Gasteiger partial charge in [0.05, 0.1) is 11.1 Å². The van der Waals surface area contributed by atoms with Crippen LogP contribution in [0, 0.1) is 27.7 Å². The van der Waals surface area contributed by atoms with Crippen LogP contribution >= 0.6 is 0 Å². The molecule has 0 fully saturated rings. The predicted octanol–water partition coefficient (Wildman–Crippen LogP) is 10.3. The van der Waals surface area contributed by atoms with Crippen LogP contribution in [0.1, 0.15) is 79.0 Å². The lowest BCUT2D eigenvalue weighted by atomic mass is 10.1. The van der Waals surface area contributed by atoms with Crippen molar-refractivity contribution < 1.29 is 21.8 Å². The predicted molar refractivity (Wildman–Crippen MR) is 171 cm³/mol. The number of allylic oxidation sites excluding steroid dienone is 7.